The SMILES string of the molecule is Cc1cc([N+](=O)[O-])c(Cl)cc1NC(=O)C1NCCC1C. The van der Waals surface area contributed by atoms with Gasteiger partial charge in [0.05, 0.1) is 11.0 Å². The maximum atomic E-state index is 12.2. The number of carbonyl (C=O) groups is 1. The van der Waals surface area contributed by atoms with Crippen molar-refractivity contribution < 1.29 is 9.72 Å². The lowest BCUT2D eigenvalue weighted by atomic mass is 10.0. The summed E-state index contributed by atoms with van der Waals surface area (Å²) in [5.74, 6) is 0.131. The van der Waals surface area contributed by atoms with E-state index in [-0.39, 0.29) is 28.6 Å². The highest BCUT2D eigenvalue weighted by Crippen LogP contribution is 2.30. The largest absolute Gasteiger partial charge is 0.324 e. The molecule has 0 radical (unpaired) electrons. The second kappa shape index (κ2) is 5.76. The molecular weight excluding hydrogens is 282 g/mol. The number of aryl methyl sites for hydroxylation is 1. The minimum Gasteiger partial charge on any atom is -0.324 e. The Morgan fingerprint density at radius 1 is 1.55 bits per heavy atom. The summed E-state index contributed by atoms with van der Waals surface area (Å²) in [5, 5.41) is 16.7. The fourth-order valence-electron chi connectivity index (χ4n) is 2.34. The van der Waals surface area contributed by atoms with Crippen LogP contribution >= 0.6 is 11.6 Å². The molecule has 2 unspecified atom stereocenters. The van der Waals surface area contributed by atoms with Gasteiger partial charge < -0.3 is 10.6 Å². The molecule has 20 heavy (non-hydrogen) atoms. The van der Waals surface area contributed by atoms with Crippen molar-refractivity contribution in [3.8, 4) is 0 Å². The fourth-order valence-corrected chi connectivity index (χ4v) is 2.57. The third-order valence-electron chi connectivity index (χ3n) is 3.56. The van der Waals surface area contributed by atoms with Crippen LogP contribution < -0.4 is 10.6 Å². The summed E-state index contributed by atoms with van der Waals surface area (Å²) < 4.78 is 0. The van der Waals surface area contributed by atoms with Crippen molar-refractivity contribution in [2.45, 2.75) is 26.3 Å². The average molecular weight is 298 g/mol. The Kier molecular flexibility index (Phi) is 4.25. The minimum absolute atomic E-state index is 0.0170. The van der Waals surface area contributed by atoms with Crippen molar-refractivity contribution >= 4 is 28.9 Å². The second-order valence-corrected chi connectivity index (χ2v) is 5.47. The van der Waals surface area contributed by atoms with E-state index in [1.165, 1.54) is 12.1 Å². The lowest BCUT2D eigenvalue weighted by Crippen LogP contribution is -2.39. The molecule has 108 valence electrons. The van der Waals surface area contributed by atoms with E-state index < -0.39 is 4.92 Å². The monoisotopic (exact) mass is 297 g/mol. The number of nitrogens with one attached hydrogen (secondary N) is 2. The number of anilines is 1. The lowest BCUT2D eigenvalue weighted by molar-refractivity contribution is -0.384. The maximum Gasteiger partial charge on any atom is 0.288 e. The van der Waals surface area contributed by atoms with E-state index in [2.05, 4.69) is 10.6 Å². The summed E-state index contributed by atoms with van der Waals surface area (Å²) >= 11 is 5.86. The molecular formula is C13H16ClN3O3. The van der Waals surface area contributed by atoms with E-state index in [9.17, 15) is 14.9 Å². The van der Waals surface area contributed by atoms with Gasteiger partial charge in [0, 0.05) is 11.8 Å². The van der Waals surface area contributed by atoms with Crippen LogP contribution in [0.1, 0.15) is 18.9 Å². The topological polar surface area (TPSA) is 84.3 Å². The van der Waals surface area contributed by atoms with E-state index in [4.69, 9.17) is 11.6 Å². The van der Waals surface area contributed by atoms with Gasteiger partial charge in [-0.2, -0.15) is 0 Å². The molecule has 1 aromatic rings. The summed E-state index contributed by atoms with van der Waals surface area (Å²) in [6.07, 6.45) is 0.956. The zero-order valence-corrected chi connectivity index (χ0v) is 12.0. The van der Waals surface area contributed by atoms with Crippen molar-refractivity contribution in [1.29, 1.82) is 0 Å². The molecule has 1 fully saturated rings. The quantitative estimate of drug-likeness (QED) is 0.663. The Labute approximate surface area is 121 Å². The molecule has 0 spiro atoms. The average Bonchev–Trinajstić information content (AvgIpc) is 2.79. The highest BCUT2D eigenvalue weighted by Gasteiger charge is 2.29. The first-order valence-electron chi connectivity index (χ1n) is 6.39. The van der Waals surface area contributed by atoms with Crippen LogP contribution in [0.4, 0.5) is 11.4 Å². The van der Waals surface area contributed by atoms with Crippen LogP contribution in [0.15, 0.2) is 12.1 Å². The number of rotatable bonds is 3. The molecule has 0 saturated carbocycles. The van der Waals surface area contributed by atoms with Crippen LogP contribution in [-0.2, 0) is 4.79 Å². The number of amides is 1. The second-order valence-electron chi connectivity index (χ2n) is 5.06. The smallest absolute Gasteiger partial charge is 0.288 e. The van der Waals surface area contributed by atoms with Crippen LogP contribution in [0, 0.1) is 23.0 Å². The van der Waals surface area contributed by atoms with Gasteiger partial charge in [0.15, 0.2) is 0 Å². The number of nitro benzene ring substituents is 1. The summed E-state index contributed by atoms with van der Waals surface area (Å²) in [6, 6.07) is 2.55. The van der Waals surface area contributed by atoms with Gasteiger partial charge in [-0.25, -0.2) is 0 Å². The molecule has 1 aliphatic rings. The fraction of sp³-hybridized carbons (Fsp3) is 0.462. The Hall–Kier alpha value is -1.66. The number of hydrogen-bond acceptors (Lipinski definition) is 4. The van der Waals surface area contributed by atoms with Crippen molar-refractivity contribution in [1.82, 2.24) is 5.32 Å². The molecule has 0 bridgehead atoms. The van der Waals surface area contributed by atoms with Crippen LogP contribution in [0.2, 0.25) is 5.02 Å². The molecule has 6 nitrogen and oxygen atoms in total. The third kappa shape index (κ3) is 2.91. The summed E-state index contributed by atoms with van der Waals surface area (Å²) in [7, 11) is 0. The summed E-state index contributed by atoms with van der Waals surface area (Å²) in [5.41, 5.74) is 0.959. The Morgan fingerprint density at radius 2 is 2.25 bits per heavy atom. The van der Waals surface area contributed by atoms with Crippen LogP contribution in [0.5, 0.6) is 0 Å². The highest BCUT2D eigenvalue weighted by molar-refractivity contribution is 6.33. The Bertz CT molecular complexity index is 562. The summed E-state index contributed by atoms with van der Waals surface area (Å²) in [6.45, 7) is 4.53. The van der Waals surface area contributed by atoms with E-state index in [1.807, 2.05) is 6.92 Å². The van der Waals surface area contributed by atoms with Gasteiger partial charge in [0.25, 0.3) is 5.69 Å². The Balaban J connectivity index is 2.19. The molecule has 2 rings (SSSR count). The van der Waals surface area contributed by atoms with E-state index in [0.29, 0.717) is 11.3 Å². The summed E-state index contributed by atoms with van der Waals surface area (Å²) in [4.78, 5) is 22.4. The van der Waals surface area contributed by atoms with Crippen LogP contribution in [-0.4, -0.2) is 23.4 Å². The minimum atomic E-state index is -0.540. The van der Waals surface area contributed by atoms with E-state index in [0.717, 1.165) is 13.0 Å². The molecule has 2 atom stereocenters. The van der Waals surface area contributed by atoms with Gasteiger partial charge in [-0.15, -0.1) is 0 Å². The number of hydrogen-bond donors (Lipinski definition) is 2. The maximum absolute atomic E-state index is 12.2. The molecule has 1 heterocycles. The normalized spacial score (nSPS) is 21.8. The number of benzene rings is 1. The number of nitrogens with zero attached hydrogens (tertiary/aromatic N) is 1. The first-order chi connectivity index (χ1) is 9.40. The molecule has 1 amide bonds. The number of carbonyl (C=O) groups excluding carboxylic acids is 1. The first kappa shape index (κ1) is 14.7. The molecule has 1 saturated heterocycles. The van der Waals surface area contributed by atoms with Crippen molar-refractivity contribution in [3.05, 3.63) is 32.8 Å². The van der Waals surface area contributed by atoms with Crippen molar-refractivity contribution in [2.75, 3.05) is 11.9 Å². The lowest BCUT2D eigenvalue weighted by Gasteiger charge is -2.16. The molecule has 0 aliphatic carbocycles. The van der Waals surface area contributed by atoms with E-state index in [1.54, 1.807) is 6.92 Å². The predicted octanol–water partition coefficient (Wildman–Crippen LogP) is 2.49. The first-order valence-corrected chi connectivity index (χ1v) is 6.76. The number of nitro groups is 1. The van der Waals surface area contributed by atoms with Crippen LogP contribution in [0.25, 0.3) is 0 Å². The van der Waals surface area contributed by atoms with Gasteiger partial charge in [-0.05, 0) is 37.4 Å². The van der Waals surface area contributed by atoms with Crippen molar-refractivity contribution in [2.24, 2.45) is 5.92 Å². The molecule has 1 aromatic carbocycles. The molecule has 1 aliphatic heterocycles. The zero-order valence-electron chi connectivity index (χ0n) is 11.3. The van der Waals surface area contributed by atoms with Crippen molar-refractivity contribution in [3.63, 3.8) is 0 Å². The molecule has 7 heteroatoms. The van der Waals surface area contributed by atoms with Gasteiger partial charge >= 0.3 is 0 Å². The number of halogens is 1. The third-order valence-corrected chi connectivity index (χ3v) is 3.87. The van der Waals surface area contributed by atoms with Gasteiger partial charge in [0.1, 0.15) is 5.02 Å². The van der Waals surface area contributed by atoms with Crippen LogP contribution in [0.3, 0.4) is 0 Å². The van der Waals surface area contributed by atoms with Gasteiger partial charge in [-0.1, -0.05) is 18.5 Å². The molecule has 0 aromatic heterocycles. The Morgan fingerprint density at radius 3 is 2.80 bits per heavy atom. The van der Waals surface area contributed by atoms with Gasteiger partial charge in [0.2, 0.25) is 5.91 Å². The standard InChI is InChI=1S/C13H16ClN3O3/c1-7-3-4-15-12(7)13(18)16-10-6-9(14)11(17(19)20)5-8(10)2/h5-7,12,15H,3-4H2,1-2H3,(H,16,18). The van der Waals surface area contributed by atoms with E-state index >= 15 is 0 Å². The van der Waals surface area contributed by atoms with Gasteiger partial charge in [-0.3, -0.25) is 14.9 Å². The highest BCUT2D eigenvalue weighted by atomic mass is 35.5. The zero-order chi connectivity index (χ0) is 14.9. The molecule has 2 N–H and O–H groups in total. The predicted molar refractivity (Wildman–Crippen MR) is 77.0 cm³/mol.